The van der Waals surface area contributed by atoms with Crippen molar-refractivity contribution in [1.29, 1.82) is 0 Å². The lowest BCUT2D eigenvalue weighted by Gasteiger charge is -2.25. The van der Waals surface area contributed by atoms with E-state index in [2.05, 4.69) is 12.2 Å². The normalized spacial score (nSPS) is 13.7. The Balaban J connectivity index is 2.65. The fourth-order valence-electron chi connectivity index (χ4n) is 1.52. The van der Waals surface area contributed by atoms with E-state index in [1.54, 1.807) is 14.0 Å². The van der Waals surface area contributed by atoms with Crippen LogP contribution in [-0.2, 0) is 9.53 Å². The van der Waals surface area contributed by atoms with Gasteiger partial charge in [0.1, 0.15) is 11.4 Å². The minimum absolute atomic E-state index is 0.139. The summed E-state index contributed by atoms with van der Waals surface area (Å²) in [5.41, 5.74) is -0.0530. The van der Waals surface area contributed by atoms with Gasteiger partial charge in [0.2, 0.25) is 0 Å². The van der Waals surface area contributed by atoms with Gasteiger partial charge in [-0.25, -0.2) is 0 Å². The predicted octanol–water partition coefficient (Wildman–Crippen LogP) is 3.23. The molecule has 4 heteroatoms. The number of rotatable bonds is 7. The first-order valence-corrected chi connectivity index (χ1v) is 6.65. The summed E-state index contributed by atoms with van der Waals surface area (Å²) in [7, 11) is 1.55. The topological polar surface area (TPSA) is 47.6 Å². The summed E-state index contributed by atoms with van der Waals surface area (Å²) < 4.78 is 10.7. The second-order valence-corrected chi connectivity index (χ2v) is 4.62. The summed E-state index contributed by atoms with van der Waals surface area (Å²) in [6.07, 6.45) is 1.59. The molecule has 0 unspecified atom stereocenters. The van der Waals surface area contributed by atoms with E-state index in [4.69, 9.17) is 9.47 Å². The van der Waals surface area contributed by atoms with E-state index in [-0.39, 0.29) is 5.91 Å². The standard InChI is InChI=1S/C15H23NO3/c1-5-11-19-13-9-7-12(8-10-13)16-14(17)15(3,6-2)18-4/h7-10H,5-6,11H2,1-4H3,(H,16,17)/t15-/m1/s1. The molecule has 106 valence electrons. The van der Waals surface area contributed by atoms with E-state index in [1.807, 2.05) is 31.2 Å². The molecule has 0 spiro atoms. The van der Waals surface area contributed by atoms with Gasteiger partial charge in [-0.05, 0) is 44.0 Å². The van der Waals surface area contributed by atoms with E-state index in [0.29, 0.717) is 13.0 Å². The summed E-state index contributed by atoms with van der Waals surface area (Å²) >= 11 is 0. The fourth-order valence-corrected chi connectivity index (χ4v) is 1.52. The Labute approximate surface area is 115 Å². The van der Waals surface area contributed by atoms with Crippen LogP contribution in [0, 0.1) is 0 Å². The van der Waals surface area contributed by atoms with Gasteiger partial charge in [-0.2, -0.15) is 0 Å². The molecule has 0 aliphatic rings. The fraction of sp³-hybridized carbons (Fsp3) is 0.533. The highest BCUT2D eigenvalue weighted by Crippen LogP contribution is 2.20. The smallest absolute Gasteiger partial charge is 0.256 e. The Morgan fingerprint density at radius 2 is 1.89 bits per heavy atom. The number of hydrogen-bond donors (Lipinski definition) is 1. The van der Waals surface area contributed by atoms with Gasteiger partial charge in [0.05, 0.1) is 6.61 Å². The predicted molar refractivity (Wildman–Crippen MR) is 76.6 cm³/mol. The van der Waals surface area contributed by atoms with Crippen LogP contribution in [0.5, 0.6) is 5.75 Å². The van der Waals surface area contributed by atoms with E-state index in [0.717, 1.165) is 17.9 Å². The Morgan fingerprint density at radius 3 is 2.37 bits per heavy atom. The number of carbonyl (C=O) groups is 1. The van der Waals surface area contributed by atoms with E-state index in [9.17, 15) is 4.79 Å². The number of carbonyl (C=O) groups excluding carboxylic acids is 1. The highest BCUT2D eigenvalue weighted by atomic mass is 16.5. The Bertz CT molecular complexity index is 396. The lowest BCUT2D eigenvalue weighted by molar-refractivity contribution is -0.136. The molecule has 0 bridgehead atoms. The van der Waals surface area contributed by atoms with Gasteiger partial charge in [0, 0.05) is 12.8 Å². The second-order valence-electron chi connectivity index (χ2n) is 4.62. The minimum atomic E-state index is -0.794. The number of ether oxygens (including phenoxy) is 2. The largest absolute Gasteiger partial charge is 0.494 e. The minimum Gasteiger partial charge on any atom is -0.494 e. The van der Waals surface area contributed by atoms with E-state index >= 15 is 0 Å². The second kappa shape index (κ2) is 7.14. The van der Waals surface area contributed by atoms with Crippen LogP contribution < -0.4 is 10.1 Å². The molecular formula is C15H23NO3. The number of amides is 1. The average molecular weight is 265 g/mol. The summed E-state index contributed by atoms with van der Waals surface area (Å²) in [4.78, 5) is 12.1. The molecule has 0 saturated carbocycles. The molecule has 0 aliphatic carbocycles. The van der Waals surface area contributed by atoms with Crippen LogP contribution in [0.4, 0.5) is 5.69 Å². The van der Waals surface area contributed by atoms with Crippen LogP contribution in [0.1, 0.15) is 33.6 Å². The molecular weight excluding hydrogens is 242 g/mol. The highest BCUT2D eigenvalue weighted by Gasteiger charge is 2.30. The molecule has 0 radical (unpaired) electrons. The van der Waals surface area contributed by atoms with E-state index < -0.39 is 5.60 Å². The van der Waals surface area contributed by atoms with Crippen LogP contribution in [0.15, 0.2) is 24.3 Å². The summed E-state index contributed by atoms with van der Waals surface area (Å²) in [6, 6.07) is 7.35. The quantitative estimate of drug-likeness (QED) is 0.823. The first-order chi connectivity index (χ1) is 9.05. The maximum absolute atomic E-state index is 12.1. The van der Waals surface area contributed by atoms with Crippen molar-refractivity contribution >= 4 is 11.6 Å². The maximum atomic E-state index is 12.1. The lowest BCUT2D eigenvalue weighted by atomic mass is 10.0. The van der Waals surface area contributed by atoms with Crippen molar-refractivity contribution in [3.8, 4) is 5.75 Å². The Morgan fingerprint density at radius 1 is 1.26 bits per heavy atom. The van der Waals surface area contributed by atoms with Gasteiger partial charge in [-0.15, -0.1) is 0 Å². The molecule has 0 saturated heterocycles. The number of benzene rings is 1. The van der Waals surface area contributed by atoms with Crippen LogP contribution in [0.2, 0.25) is 0 Å². The van der Waals surface area contributed by atoms with Crippen molar-refractivity contribution in [2.75, 3.05) is 19.0 Å². The molecule has 1 aromatic carbocycles. The van der Waals surface area contributed by atoms with Gasteiger partial charge in [-0.3, -0.25) is 4.79 Å². The zero-order valence-electron chi connectivity index (χ0n) is 12.2. The first kappa shape index (κ1) is 15.5. The van der Waals surface area contributed by atoms with Gasteiger partial charge in [-0.1, -0.05) is 13.8 Å². The van der Waals surface area contributed by atoms with Crippen LogP contribution >= 0.6 is 0 Å². The molecule has 1 amide bonds. The van der Waals surface area contributed by atoms with Crippen LogP contribution in [0.3, 0.4) is 0 Å². The summed E-state index contributed by atoms with van der Waals surface area (Å²) in [6.45, 7) is 6.46. The Hall–Kier alpha value is -1.55. The molecule has 0 heterocycles. The van der Waals surface area contributed by atoms with Gasteiger partial charge >= 0.3 is 0 Å². The van der Waals surface area contributed by atoms with Gasteiger partial charge < -0.3 is 14.8 Å². The zero-order chi connectivity index (χ0) is 14.3. The SMILES string of the molecule is CCCOc1ccc(NC(=O)[C@@](C)(CC)OC)cc1. The third kappa shape index (κ3) is 4.24. The number of methoxy groups -OCH3 is 1. The zero-order valence-corrected chi connectivity index (χ0v) is 12.2. The number of nitrogens with one attached hydrogen (secondary N) is 1. The summed E-state index contributed by atoms with van der Waals surface area (Å²) in [5.74, 6) is 0.671. The molecule has 1 N–H and O–H groups in total. The molecule has 4 nitrogen and oxygen atoms in total. The Kier molecular flexibility index (Phi) is 5.83. The molecule has 0 aromatic heterocycles. The molecule has 0 aliphatic heterocycles. The van der Waals surface area contributed by atoms with Crippen molar-refractivity contribution in [2.45, 2.75) is 39.2 Å². The third-order valence-corrected chi connectivity index (χ3v) is 3.19. The van der Waals surface area contributed by atoms with Crippen LogP contribution in [0.25, 0.3) is 0 Å². The average Bonchev–Trinajstić information content (AvgIpc) is 2.45. The first-order valence-electron chi connectivity index (χ1n) is 6.65. The molecule has 0 fully saturated rings. The summed E-state index contributed by atoms with van der Waals surface area (Å²) in [5, 5.41) is 2.85. The molecule has 19 heavy (non-hydrogen) atoms. The van der Waals surface area contributed by atoms with Crippen molar-refractivity contribution in [1.82, 2.24) is 0 Å². The van der Waals surface area contributed by atoms with Crippen molar-refractivity contribution in [2.24, 2.45) is 0 Å². The lowest BCUT2D eigenvalue weighted by Crippen LogP contribution is -2.41. The van der Waals surface area contributed by atoms with Crippen molar-refractivity contribution in [3.05, 3.63) is 24.3 Å². The molecule has 1 aromatic rings. The molecule has 1 rings (SSSR count). The van der Waals surface area contributed by atoms with Gasteiger partial charge in [0.15, 0.2) is 0 Å². The van der Waals surface area contributed by atoms with Crippen LogP contribution in [-0.4, -0.2) is 25.2 Å². The van der Waals surface area contributed by atoms with E-state index in [1.165, 1.54) is 0 Å². The number of hydrogen-bond acceptors (Lipinski definition) is 3. The monoisotopic (exact) mass is 265 g/mol. The number of anilines is 1. The van der Waals surface area contributed by atoms with Crippen molar-refractivity contribution in [3.63, 3.8) is 0 Å². The maximum Gasteiger partial charge on any atom is 0.256 e. The van der Waals surface area contributed by atoms with Crippen molar-refractivity contribution < 1.29 is 14.3 Å². The highest BCUT2D eigenvalue weighted by molar-refractivity contribution is 5.97. The third-order valence-electron chi connectivity index (χ3n) is 3.19. The van der Waals surface area contributed by atoms with Gasteiger partial charge in [0.25, 0.3) is 5.91 Å². The molecule has 1 atom stereocenters.